The number of hydrogen-bond acceptors (Lipinski definition) is 4. The fraction of sp³-hybridized carbons (Fsp3) is 0.364. The second-order valence-corrected chi connectivity index (χ2v) is 6.68. The fourth-order valence-electron chi connectivity index (χ4n) is 2.09. The number of fused-ring (bicyclic) bond motifs is 1. The monoisotopic (exact) mass is 255 g/mol. The Hall–Kier alpha value is -1.56. The smallest absolute Gasteiger partial charge is 0.337 e. The van der Waals surface area contributed by atoms with Gasteiger partial charge in [0, 0.05) is 5.54 Å². The topological polar surface area (TPSA) is 83.5 Å². The number of hydrogen-bond donors (Lipinski definition) is 2. The van der Waals surface area contributed by atoms with Crippen molar-refractivity contribution in [1.82, 2.24) is 0 Å². The Labute approximate surface area is 99.4 Å². The molecule has 0 aromatic heterocycles. The van der Waals surface area contributed by atoms with Gasteiger partial charge in [-0.2, -0.15) is 0 Å². The third-order valence-corrected chi connectivity index (χ3v) is 4.74. The maximum atomic E-state index is 12.1. The molecule has 1 aliphatic heterocycles. The molecule has 2 N–H and O–H groups in total. The van der Waals surface area contributed by atoms with Gasteiger partial charge in [0.15, 0.2) is 9.84 Å². The Balaban J connectivity index is 2.75. The Kier molecular flexibility index (Phi) is 2.43. The van der Waals surface area contributed by atoms with Crippen LogP contribution in [0.15, 0.2) is 23.1 Å². The number of rotatable bonds is 1. The molecule has 2 rings (SSSR count). The largest absolute Gasteiger partial charge is 0.478 e. The molecule has 0 atom stereocenters. The van der Waals surface area contributed by atoms with Gasteiger partial charge >= 0.3 is 5.97 Å². The zero-order chi connectivity index (χ0) is 12.8. The lowest BCUT2D eigenvalue weighted by Gasteiger charge is -2.33. The van der Waals surface area contributed by atoms with E-state index < -0.39 is 21.3 Å². The van der Waals surface area contributed by atoms with Crippen LogP contribution in [0, 0.1) is 0 Å². The van der Waals surface area contributed by atoms with Crippen LogP contribution in [-0.4, -0.2) is 30.8 Å². The van der Waals surface area contributed by atoms with E-state index in [4.69, 9.17) is 5.11 Å². The van der Waals surface area contributed by atoms with Crippen molar-refractivity contribution < 1.29 is 18.3 Å². The van der Waals surface area contributed by atoms with Crippen LogP contribution in [0.2, 0.25) is 0 Å². The molecule has 1 aromatic carbocycles. The summed E-state index contributed by atoms with van der Waals surface area (Å²) in [7, 11) is -3.57. The molecular weight excluding hydrogens is 242 g/mol. The molecule has 0 spiro atoms. The summed E-state index contributed by atoms with van der Waals surface area (Å²) in [5.74, 6) is -1.34. The molecule has 1 aromatic rings. The summed E-state index contributed by atoms with van der Waals surface area (Å²) in [6.07, 6.45) is 0. The molecule has 6 heteroatoms. The van der Waals surface area contributed by atoms with Crippen LogP contribution in [0.5, 0.6) is 0 Å². The zero-order valence-electron chi connectivity index (χ0n) is 9.52. The van der Waals surface area contributed by atoms with Gasteiger partial charge in [0.2, 0.25) is 0 Å². The van der Waals surface area contributed by atoms with Crippen molar-refractivity contribution in [1.29, 1.82) is 0 Å². The summed E-state index contributed by atoms with van der Waals surface area (Å²) in [4.78, 5) is 10.9. The number of carbonyl (C=O) groups is 1. The van der Waals surface area contributed by atoms with E-state index in [9.17, 15) is 13.2 Å². The molecule has 0 saturated carbocycles. The van der Waals surface area contributed by atoms with Crippen molar-refractivity contribution in [2.24, 2.45) is 0 Å². The van der Waals surface area contributed by atoms with E-state index in [0.717, 1.165) is 0 Å². The van der Waals surface area contributed by atoms with Crippen LogP contribution in [0.3, 0.4) is 0 Å². The first-order valence-corrected chi connectivity index (χ1v) is 6.75. The molecule has 0 fully saturated rings. The zero-order valence-corrected chi connectivity index (χ0v) is 10.3. The molecule has 1 heterocycles. The van der Waals surface area contributed by atoms with Crippen LogP contribution in [0.25, 0.3) is 0 Å². The van der Waals surface area contributed by atoms with E-state index in [1.807, 2.05) is 0 Å². The number of carboxylic acid groups (broad SMARTS) is 1. The van der Waals surface area contributed by atoms with Crippen molar-refractivity contribution in [2.45, 2.75) is 24.3 Å². The molecular formula is C11H13NO4S. The Morgan fingerprint density at radius 2 is 2.06 bits per heavy atom. The van der Waals surface area contributed by atoms with Gasteiger partial charge in [0.05, 0.1) is 17.0 Å². The van der Waals surface area contributed by atoms with Gasteiger partial charge < -0.3 is 10.4 Å². The van der Waals surface area contributed by atoms with Gasteiger partial charge in [0.25, 0.3) is 0 Å². The lowest BCUT2D eigenvalue weighted by atomic mass is 10.1. The minimum atomic E-state index is -3.57. The molecule has 5 nitrogen and oxygen atoms in total. The van der Waals surface area contributed by atoms with E-state index in [1.165, 1.54) is 12.1 Å². The molecule has 1 aliphatic rings. The van der Waals surface area contributed by atoms with Crippen molar-refractivity contribution in [3.05, 3.63) is 23.8 Å². The number of aromatic carboxylic acids is 1. The van der Waals surface area contributed by atoms with Crippen molar-refractivity contribution in [3.8, 4) is 0 Å². The van der Waals surface area contributed by atoms with Crippen LogP contribution < -0.4 is 5.32 Å². The molecule has 17 heavy (non-hydrogen) atoms. The molecule has 0 unspecified atom stereocenters. The highest BCUT2D eigenvalue weighted by Gasteiger charge is 2.37. The Morgan fingerprint density at radius 3 is 2.65 bits per heavy atom. The average molecular weight is 255 g/mol. The summed E-state index contributed by atoms with van der Waals surface area (Å²) in [5.41, 5.74) is -0.408. The van der Waals surface area contributed by atoms with Gasteiger partial charge in [-0.1, -0.05) is 6.07 Å². The molecule has 0 aliphatic carbocycles. The number of benzene rings is 1. The lowest BCUT2D eigenvalue weighted by molar-refractivity contribution is 0.0692. The predicted molar refractivity (Wildman–Crippen MR) is 63.2 cm³/mol. The van der Waals surface area contributed by atoms with E-state index >= 15 is 0 Å². The Morgan fingerprint density at radius 1 is 1.41 bits per heavy atom. The number of carboxylic acids is 1. The van der Waals surface area contributed by atoms with E-state index in [0.29, 0.717) is 5.69 Å². The van der Waals surface area contributed by atoms with Crippen LogP contribution in [0.1, 0.15) is 24.2 Å². The van der Waals surface area contributed by atoms with Crippen LogP contribution in [-0.2, 0) is 9.84 Å². The van der Waals surface area contributed by atoms with Crippen molar-refractivity contribution in [2.75, 3.05) is 11.1 Å². The molecule has 0 saturated heterocycles. The molecule has 0 radical (unpaired) electrons. The summed E-state index contributed by atoms with van der Waals surface area (Å²) in [6.45, 7) is 3.53. The van der Waals surface area contributed by atoms with E-state index in [1.54, 1.807) is 19.9 Å². The van der Waals surface area contributed by atoms with Crippen LogP contribution >= 0.6 is 0 Å². The SMILES string of the molecule is CC1(C)CS(=O)(=O)c2c(cccc2C(=O)O)N1. The molecule has 0 amide bonds. The van der Waals surface area contributed by atoms with E-state index in [2.05, 4.69) is 5.32 Å². The average Bonchev–Trinajstić information content (AvgIpc) is 2.12. The molecule has 92 valence electrons. The van der Waals surface area contributed by atoms with Crippen molar-refractivity contribution >= 4 is 21.5 Å². The summed E-state index contributed by atoms with van der Waals surface area (Å²) in [5, 5.41) is 12.1. The number of sulfone groups is 1. The molecule has 0 bridgehead atoms. The summed E-state index contributed by atoms with van der Waals surface area (Å²) >= 11 is 0. The second kappa shape index (κ2) is 3.46. The van der Waals surface area contributed by atoms with Gasteiger partial charge in [-0.3, -0.25) is 0 Å². The summed E-state index contributed by atoms with van der Waals surface area (Å²) in [6, 6.07) is 4.42. The maximum absolute atomic E-state index is 12.1. The number of nitrogens with one attached hydrogen (secondary N) is 1. The van der Waals surface area contributed by atoms with Gasteiger partial charge in [0.1, 0.15) is 4.90 Å². The highest BCUT2D eigenvalue weighted by atomic mass is 32.2. The minimum absolute atomic E-state index is 0.105. The standard InChI is InChI=1S/C11H13NO4S/c1-11(2)6-17(15,16)9-7(10(13)14)4-3-5-8(9)12-11/h3-5,12H,6H2,1-2H3,(H,13,14). The van der Waals surface area contributed by atoms with E-state index in [-0.39, 0.29) is 16.2 Å². The third-order valence-electron chi connectivity index (χ3n) is 2.58. The minimum Gasteiger partial charge on any atom is -0.478 e. The highest BCUT2D eigenvalue weighted by Crippen LogP contribution is 2.35. The Bertz CT molecular complexity index is 589. The van der Waals surface area contributed by atoms with Gasteiger partial charge in [-0.25, -0.2) is 13.2 Å². The quantitative estimate of drug-likeness (QED) is 0.791. The predicted octanol–water partition coefficient (Wildman–Crippen LogP) is 1.36. The van der Waals surface area contributed by atoms with Gasteiger partial charge in [-0.15, -0.1) is 0 Å². The first-order chi connectivity index (χ1) is 7.73. The summed E-state index contributed by atoms with van der Waals surface area (Å²) < 4.78 is 24.2. The first-order valence-electron chi connectivity index (χ1n) is 5.10. The normalized spacial score (nSPS) is 20.1. The van der Waals surface area contributed by atoms with Crippen LogP contribution in [0.4, 0.5) is 5.69 Å². The van der Waals surface area contributed by atoms with Crippen molar-refractivity contribution in [3.63, 3.8) is 0 Å². The highest BCUT2D eigenvalue weighted by molar-refractivity contribution is 7.91. The third kappa shape index (κ3) is 2.00. The first kappa shape index (κ1) is 11.9. The fourth-order valence-corrected chi connectivity index (χ4v) is 4.20. The lowest BCUT2D eigenvalue weighted by Crippen LogP contribution is -2.43. The number of anilines is 1. The van der Waals surface area contributed by atoms with Gasteiger partial charge in [-0.05, 0) is 26.0 Å². The second-order valence-electron chi connectivity index (χ2n) is 4.76. The maximum Gasteiger partial charge on any atom is 0.337 e.